The van der Waals surface area contributed by atoms with Crippen molar-refractivity contribution in [3.63, 3.8) is 0 Å². The van der Waals surface area contributed by atoms with E-state index in [-0.39, 0.29) is 0 Å². The van der Waals surface area contributed by atoms with Crippen LogP contribution in [0.1, 0.15) is 0 Å². The summed E-state index contributed by atoms with van der Waals surface area (Å²) in [6, 6.07) is 0. The molecule has 0 amide bonds. The van der Waals surface area contributed by atoms with E-state index in [4.69, 9.17) is 29.2 Å². The van der Waals surface area contributed by atoms with Gasteiger partial charge in [-0.15, -0.1) is 0 Å². The fraction of sp³-hybridized carbons (Fsp3) is 1.00. The lowest BCUT2D eigenvalue weighted by Gasteiger charge is -2.38. The summed E-state index contributed by atoms with van der Waals surface area (Å²) in [5.74, 6) is 0. The predicted molar refractivity (Wildman–Crippen MR) is 81.6 cm³/mol. The molecule has 0 aliphatic carbocycles. The van der Waals surface area contributed by atoms with E-state index in [1.54, 1.807) is 0 Å². The van der Waals surface area contributed by atoms with Crippen molar-refractivity contribution in [3.05, 3.63) is 0 Å². The standard InChI is InChI=1S/2C7H14O6/c2*1-12-7-6(11)5(10)4(9)3(2-8)13-7/h2*3-11H,2H2,1H3/t3?,4-,5+,6?,7-;3?,4-,5-,6?,7+/m10/s1. The summed E-state index contributed by atoms with van der Waals surface area (Å²) < 4.78 is 19.3. The molecule has 10 atom stereocenters. The lowest BCUT2D eigenvalue weighted by molar-refractivity contribution is -0.294. The summed E-state index contributed by atoms with van der Waals surface area (Å²) in [7, 11) is 2.60. The van der Waals surface area contributed by atoms with Crippen LogP contribution in [-0.2, 0) is 18.9 Å². The predicted octanol–water partition coefficient (Wildman–Crippen LogP) is -5.13. The van der Waals surface area contributed by atoms with Crippen molar-refractivity contribution in [3.8, 4) is 0 Å². The molecule has 2 saturated heterocycles. The fourth-order valence-electron chi connectivity index (χ4n) is 2.52. The third kappa shape index (κ3) is 5.28. The molecule has 0 radical (unpaired) electrons. The van der Waals surface area contributed by atoms with Gasteiger partial charge in [-0.05, 0) is 0 Å². The molecule has 26 heavy (non-hydrogen) atoms. The molecule has 0 saturated carbocycles. The molecule has 2 heterocycles. The molecule has 2 aliphatic rings. The normalized spacial score (nSPS) is 46.4. The zero-order valence-corrected chi connectivity index (χ0v) is 14.4. The second-order valence-corrected chi connectivity index (χ2v) is 5.87. The molecule has 8 N–H and O–H groups in total. The minimum atomic E-state index is -1.36. The summed E-state index contributed by atoms with van der Waals surface area (Å²) in [5.41, 5.74) is 0. The van der Waals surface area contributed by atoms with Gasteiger partial charge in [-0.2, -0.15) is 0 Å². The maximum Gasteiger partial charge on any atom is 0.186 e. The number of rotatable bonds is 4. The van der Waals surface area contributed by atoms with Gasteiger partial charge in [-0.1, -0.05) is 0 Å². The Labute approximate surface area is 149 Å². The SMILES string of the molecule is CO[C@@H]1OC(CO)[C@@H](O)[C@H](O)C1O.CO[C@@H]1OC(CO)[C@H](O)[C@H](O)C1O. The average Bonchev–Trinajstić information content (AvgIpc) is 2.65. The molecule has 2 aliphatic heterocycles. The molecule has 0 aromatic rings. The van der Waals surface area contributed by atoms with Gasteiger partial charge in [-0.3, -0.25) is 0 Å². The van der Waals surface area contributed by atoms with Gasteiger partial charge in [0.05, 0.1) is 13.2 Å². The number of aliphatic hydroxyl groups is 8. The van der Waals surface area contributed by atoms with E-state index < -0.39 is 74.6 Å². The topological polar surface area (TPSA) is 199 Å². The van der Waals surface area contributed by atoms with Gasteiger partial charge in [0, 0.05) is 14.2 Å². The molecule has 12 nitrogen and oxygen atoms in total. The molecule has 0 bridgehead atoms. The quantitative estimate of drug-likeness (QED) is 0.228. The molecule has 2 fully saturated rings. The Morgan fingerprint density at radius 3 is 1.12 bits per heavy atom. The van der Waals surface area contributed by atoms with E-state index in [1.165, 1.54) is 14.2 Å². The Morgan fingerprint density at radius 2 is 0.885 bits per heavy atom. The average molecular weight is 388 g/mol. The van der Waals surface area contributed by atoms with Crippen LogP contribution in [0.15, 0.2) is 0 Å². The molecular weight excluding hydrogens is 360 g/mol. The van der Waals surface area contributed by atoms with E-state index in [1.807, 2.05) is 0 Å². The van der Waals surface area contributed by atoms with Crippen LogP contribution < -0.4 is 0 Å². The highest BCUT2D eigenvalue weighted by Crippen LogP contribution is 2.22. The summed E-state index contributed by atoms with van der Waals surface area (Å²) in [6.45, 7) is -0.879. The Hall–Kier alpha value is -0.480. The highest BCUT2D eigenvalue weighted by molar-refractivity contribution is 4.89. The smallest absolute Gasteiger partial charge is 0.186 e. The van der Waals surface area contributed by atoms with E-state index in [0.717, 1.165) is 0 Å². The van der Waals surface area contributed by atoms with Gasteiger partial charge >= 0.3 is 0 Å². The molecular formula is C14H28O12. The van der Waals surface area contributed by atoms with Crippen LogP contribution in [0.3, 0.4) is 0 Å². The van der Waals surface area contributed by atoms with Crippen LogP contribution in [0.25, 0.3) is 0 Å². The molecule has 12 heteroatoms. The molecule has 0 aromatic carbocycles. The molecule has 4 unspecified atom stereocenters. The first-order chi connectivity index (χ1) is 12.2. The third-order valence-corrected chi connectivity index (χ3v) is 4.16. The highest BCUT2D eigenvalue weighted by atomic mass is 16.7. The third-order valence-electron chi connectivity index (χ3n) is 4.16. The van der Waals surface area contributed by atoms with Gasteiger partial charge in [0.1, 0.15) is 48.8 Å². The molecule has 0 spiro atoms. The van der Waals surface area contributed by atoms with Crippen molar-refractivity contribution in [1.29, 1.82) is 0 Å². The van der Waals surface area contributed by atoms with Crippen molar-refractivity contribution >= 4 is 0 Å². The van der Waals surface area contributed by atoms with E-state index >= 15 is 0 Å². The number of methoxy groups -OCH3 is 2. The van der Waals surface area contributed by atoms with E-state index in [2.05, 4.69) is 0 Å². The van der Waals surface area contributed by atoms with Crippen molar-refractivity contribution in [1.82, 2.24) is 0 Å². The summed E-state index contributed by atoms with van der Waals surface area (Å²) in [6.07, 6.45) is -11.8. The molecule has 0 aromatic heterocycles. The van der Waals surface area contributed by atoms with Crippen molar-refractivity contribution in [2.24, 2.45) is 0 Å². The van der Waals surface area contributed by atoms with Gasteiger partial charge in [-0.25, -0.2) is 0 Å². The number of hydrogen-bond acceptors (Lipinski definition) is 12. The summed E-state index contributed by atoms with van der Waals surface area (Å²) in [4.78, 5) is 0. The lowest BCUT2D eigenvalue weighted by atomic mass is 9.99. The van der Waals surface area contributed by atoms with Crippen LogP contribution in [0.5, 0.6) is 0 Å². The lowest BCUT2D eigenvalue weighted by Crippen LogP contribution is -2.58. The van der Waals surface area contributed by atoms with Crippen LogP contribution in [0.4, 0.5) is 0 Å². The maximum absolute atomic E-state index is 9.28. The first-order valence-electron chi connectivity index (χ1n) is 7.90. The number of aliphatic hydroxyl groups excluding tert-OH is 8. The Kier molecular flexibility index (Phi) is 9.74. The highest BCUT2D eigenvalue weighted by Gasteiger charge is 2.44. The van der Waals surface area contributed by atoms with E-state index in [0.29, 0.717) is 0 Å². The second kappa shape index (κ2) is 10.8. The molecule has 156 valence electrons. The van der Waals surface area contributed by atoms with Gasteiger partial charge in [0.2, 0.25) is 0 Å². The monoisotopic (exact) mass is 388 g/mol. The number of ether oxygens (including phenoxy) is 4. The first-order valence-corrected chi connectivity index (χ1v) is 7.90. The van der Waals surface area contributed by atoms with Crippen molar-refractivity contribution in [2.75, 3.05) is 27.4 Å². The van der Waals surface area contributed by atoms with Gasteiger partial charge < -0.3 is 59.8 Å². The Bertz CT molecular complexity index is 322. The zero-order chi connectivity index (χ0) is 20.0. The largest absolute Gasteiger partial charge is 0.394 e. The van der Waals surface area contributed by atoms with Crippen molar-refractivity contribution < 1.29 is 59.8 Å². The summed E-state index contributed by atoms with van der Waals surface area (Å²) in [5, 5.41) is 73.1. The van der Waals surface area contributed by atoms with E-state index in [9.17, 15) is 30.6 Å². The minimum Gasteiger partial charge on any atom is -0.394 e. The summed E-state index contributed by atoms with van der Waals surface area (Å²) >= 11 is 0. The van der Waals surface area contributed by atoms with Crippen LogP contribution in [-0.4, -0.2) is 130 Å². The van der Waals surface area contributed by atoms with Gasteiger partial charge in [0.25, 0.3) is 0 Å². The van der Waals surface area contributed by atoms with Crippen LogP contribution in [0.2, 0.25) is 0 Å². The number of hydrogen-bond donors (Lipinski definition) is 8. The Balaban J connectivity index is 0.000000260. The van der Waals surface area contributed by atoms with Crippen LogP contribution in [0, 0.1) is 0 Å². The minimum absolute atomic E-state index is 0.440. The first kappa shape index (κ1) is 23.6. The van der Waals surface area contributed by atoms with Crippen LogP contribution >= 0.6 is 0 Å². The zero-order valence-electron chi connectivity index (χ0n) is 14.4. The molecule has 2 rings (SSSR count). The maximum atomic E-state index is 9.28. The Morgan fingerprint density at radius 1 is 0.577 bits per heavy atom. The second-order valence-electron chi connectivity index (χ2n) is 5.87. The van der Waals surface area contributed by atoms with Gasteiger partial charge in [0.15, 0.2) is 12.6 Å². The van der Waals surface area contributed by atoms with Crippen molar-refractivity contribution in [2.45, 2.75) is 61.4 Å². The fourth-order valence-corrected chi connectivity index (χ4v) is 2.52.